The van der Waals surface area contributed by atoms with Crippen LogP contribution in [-0.2, 0) is 14.3 Å². The fourth-order valence-corrected chi connectivity index (χ4v) is 1.12. The molecule has 1 rings (SSSR count). The smallest absolute Gasteiger partial charge is 0.330 e. The quantitative estimate of drug-likeness (QED) is 0.535. The van der Waals surface area contributed by atoms with Gasteiger partial charge in [-0.05, 0) is 12.1 Å². The SMILES string of the molecule is C=CC(=O)OCC(COc1ccccc1)OC. The minimum Gasteiger partial charge on any atom is -0.491 e. The Morgan fingerprint density at radius 1 is 1.35 bits per heavy atom. The topological polar surface area (TPSA) is 44.8 Å². The molecule has 0 saturated heterocycles. The molecule has 0 saturated carbocycles. The molecule has 92 valence electrons. The van der Waals surface area contributed by atoms with Gasteiger partial charge in [0.15, 0.2) is 0 Å². The van der Waals surface area contributed by atoms with E-state index >= 15 is 0 Å². The molecule has 0 radical (unpaired) electrons. The molecule has 1 atom stereocenters. The van der Waals surface area contributed by atoms with Gasteiger partial charge in [0.25, 0.3) is 0 Å². The van der Waals surface area contributed by atoms with Crippen molar-refractivity contribution in [2.75, 3.05) is 20.3 Å². The van der Waals surface area contributed by atoms with E-state index in [0.29, 0.717) is 6.61 Å². The second-order valence-corrected chi connectivity index (χ2v) is 3.32. The van der Waals surface area contributed by atoms with E-state index in [2.05, 4.69) is 6.58 Å². The number of hydrogen-bond acceptors (Lipinski definition) is 4. The summed E-state index contributed by atoms with van der Waals surface area (Å²) in [6.45, 7) is 3.78. The van der Waals surface area contributed by atoms with E-state index in [1.807, 2.05) is 30.3 Å². The maximum Gasteiger partial charge on any atom is 0.330 e. The van der Waals surface area contributed by atoms with E-state index in [9.17, 15) is 4.79 Å². The van der Waals surface area contributed by atoms with Gasteiger partial charge in [-0.1, -0.05) is 24.8 Å². The standard InChI is InChI=1S/C13H16O4/c1-3-13(14)17-10-12(15-2)9-16-11-7-5-4-6-8-11/h3-8,12H,1,9-10H2,2H3. The highest BCUT2D eigenvalue weighted by Crippen LogP contribution is 2.09. The number of ether oxygens (including phenoxy) is 3. The molecule has 1 aromatic carbocycles. The lowest BCUT2D eigenvalue weighted by Gasteiger charge is -2.15. The Kier molecular flexibility index (Phi) is 5.82. The van der Waals surface area contributed by atoms with Crippen LogP contribution in [0.15, 0.2) is 43.0 Å². The third-order valence-corrected chi connectivity index (χ3v) is 2.09. The van der Waals surface area contributed by atoms with Crippen LogP contribution in [0.4, 0.5) is 0 Å². The summed E-state index contributed by atoms with van der Waals surface area (Å²) in [6.07, 6.45) is 0.823. The largest absolute Gasteiger partial charge is 0.491 e. The maximum absolute atomic E-state index is 10.9. The van der Waals surface area contributed by atoms with Gasteiger partial charge in [0, 0.05) is 13.2 Å². The van der Waals surface area contributed by atoms with Crippen LogP contribution in [-0.4, -0.2) is 32.4 Å². The lowest BCUT2D eigenvalue weighted by Crippen LogP contribution is -2.27. The van der Waals surface area contributed by atoms with Crippen LogP contribution < -0.4 is 4.74 Å². The monoisotopic (exact) mass is 236 g/mol. The predicted octanol–water partition coefficient (Wildman–Crippen LogP) is 1.81. The Labute approximate surface area is 101 Å². The third-order valence-electron chi connectivity index (χ3n) is 2.09. The van der Waals surface area contributed by atoms with Crippen LogP contribution in [0.5, 0.6) is 5.75 Å². The number of rotatable bonds is 7. The fourth-order valence-electron chi connectivity index (χ4n) is 1.12. The average molecular weight is 236 g/mol. The van der Waals surface area contributed by atoms with E-state index in [4.69, 9.17) is 14.2 Å². The van der Waals surface area contributed by atoms with Crippen LogP contribution >= 0.6 is 0 Å². The molecule has 0 N–H and O–H groups in total. The van der Waals surface area contributed by atoms with E-state index in [1.165, 1.54) is 0 Å². The summed E-state index contributed by atoms with van der Waals surface area (Å²) in [7, 11) is 1.54. The summed E-state index contributed by atoms with van der Waals surface area (Å²) in [6, 6.07) is 9.38. The number of carbonyl (C=O) groups excluding carboxylic acids is 1. The first-order chi connectivity index (χ1) is 8.26. The van der Waals surface area contributed by atoms with Gasteiger partial charge in [0.05, 0.1) is 0 Å². The summed E-state index contributed by atoms with van der Waals surface area (Å²) < 4.78 is 15.5. The number of para-hydroxylation sites is 1. The molecule has 0 aliphatic carbocycles. The van der Waals surface area contributed by atoms with Gasteiger partial charge < -0.3 is 14.2 Å². The maximum atomic E-state index is 10.9. The minimum absolute atomic E-state index is 0.147. The summed E-state index contributed by atoms with van der Waals surface area (Å²) in [5, 5.41) is 0. The van der Waals surface area contributed by atoms with Crippen molar-refractivity contribution in [3.63, 3.8) is 0 Å². The number of carbonyl (C=O) groups is 1. The zero-order valence-electron chi connectivity index (χ0n) is 9.80. The molecule has 1 aromatic rings. The highest BCUT2D eigenvalue weighted by molar-refractivity contribution is 5.81. The first kappa shape index (κ1) is 13.3. The molecule has 0 fully saturated rings. The van der Waals surface area contributed by atoms with E-state index in [0.717, 1.165) is 11.8 Å². The number of hydrogen-bond donors (Lipinski definition) is 0. The number of benzene rings is 1. The van der Waals surface area contributed by atoms with Gasteiger partial charge in [-0.3, -0.25) is 0 Å². The Morgan fingerprint density at radius 3 is 2.65 bits per heavy atom. The van der Waals surface area contributed by atoms with Gasteiger partial charge in [-0.15, -0.1) is 0 Å². The molecule has 4 heteroatoms. The highest BCUT2D eigenvalue weighted by atomic mass is 16.6. The summed E-state index contributed by atoms with van der Waals surface area (Å²) >= 11 is 0. The minimum atomic E-state index is -0.466. The van der Waals surface area contributed by atoms with Crippen LogP contribution in [0.2, 0.25) is 0 Å². The summed E-state index contributed by atoms with van der Waals surface area (Å²) in [5.41, 5.74) is 0. The van der Waals surface area contributed by atoms with Crippen molar-refractivity contribution in [1.82, 2.24) is 0 Å². The lowest BCUT2D eigenvalue weighted by molar-refractivity contribution is -0.141. The van der Waals surface area contributed by atoms with E-state index < -0.39 is 5.97 Å². The van der Waals surface area contributed by atoms with Gasteiger partial charge >= 0.3 is 5.97 Å². The van der Waals surface area contributed by atoms with Gasteiger partial charge in [-0.25, -0.2) is 4.79 Å². The second kappa shape index (κ2) is 7.46. The number of methoxy groups -OCH3 is 1. The average Bonchev–Trinajstić information content (AvgIpc) is 2.39. The Bertz CT molecular complexity index is 348. The van der Waals surface area contributed by atoms with Gasteiger partial charge in [0.2, 0.25) is 0 Å². The molecule has 17 heavy (non-hydrogen) atoms. The third kappa shape index (κ3) is 5.17. The van der Waals surface area contributed by atoms with E-state index in [1.54, 1.807) is 7.11 Å². The van der Waals surface area contributed by atoms with Crippen LogP contribution in [0.1, 0.15) is 0 Å². The highest BCUT2D eigenvalue weighted by Gasteiger charge is 2.10. The van der Waals surface area contributed by atoms with Crippen LogP contribution in [0.3, 0.4) is 0 Å². The van der Waals surface area contributed by atoms with E-state index in [-0.39, 0.29) is 12.7 Å². The predicted molar refractivity (Wildman–Crippen MR) is 63.9 cm³/mol. The van der Waals surface area contributed by atoms with Crippen molar-refractivity contribution in [3.8, 4) is 5.75 Å². The van der Waals surface area contributed by atoms with Gasteiger partial charge in [0.1, 0.15) is 25.1 Å². The van der Waals surface area contributed by atoms with Crippen molar-refractivity contribution in [2.45, 2.75) is 6.10 Å². The lowest BCUT2D eigenvalue weighted by atomic mass is 10.3. The molecule has 0 amide bonds. The fraction of sp³-hybridized carbons (Fsp3) is 0.308. The van der Waals surface area contributed by atoms with Crippen molar-refractivity contribution >= 4 is 5.97 Å². The van der Waals surface area contributed by atoms with Crippen LogP contribution in [0.25, 0.3) is 0 Å². The van der Waals surface area contributed by atoms with Crippen molar-refractivity contribution in [3.05, 3.63) is 43.0 Å². The van der Waals surface area contributed by atoms with Crippen LogP contribution in [0, 0.1) is 0 Å². The molecule has 0 spiro atoms. The molecule has 4 nitrogen and oxygen atoms in total. The summed E-state index contributed by atoms with van der Waals surface area (Å²) in [5.74, 6) is 0.288. The Morgan fingerprint density at radius 2 is 2.06 bits per heavy atom. The van der Waals surface area contributed by atoms with Crippen molar-refractivity contribution in [1.29, 1.82) is 0 Å². The first-order valence-electron chi connectivity index (χ1n) is 5.26. The summed E-state index contributed by atoms with van der Waals surface area (Å²) in [4.78, 5) is 10.9. The molecule has 0 bridgehead atoms. The van der Waals surface area contributed by atoms with Crippen molar-refractivity contribution < 1.29 is 19.0 Å². The normalized spacial score (nSPS) is 11.6. The number of esters is 1. The first-order valence-corrected chi connectivity index (χ1v) is 5.26. The molecular formula is C13H16O4. The molecule has 0 aliphatic heterocycles. The Hall–Kier alpha value is -1.81. The molecule has 0 heterocycles. The zero-order chi connectivity index (χ0) is 12.5. The Balaban J connectivity index is 2.32. The molecular weight excluding hydrogens is 220 g/mol. The second-order valence-electron chi connectivity index (χ2n) is 3.32. The zero-order valence-corrected chi connectivity index (χ0v) is 9.80. The van der Waals surface area contributed by atoms with Crippen molar-refractivity contribution in [2.24, 2.45) is 0 Å². The van der Waals surface area contributed by atoms with Gasteiger partial charge in [-0.2, -0.15) is 0 Å². The molecule has 1 unspecified atom stereocenters. The molecule has 0 aliphatic rings. The molecule has 0 aromatic heterocycles.